The Morgan fingerprint density at radius 2 is 1.55 bits per heavy atom. The molecular formula is C4H5Cl5O2. The lowest BCUT2D eigenvalue weighted by molar-refractivity contribution is 0.220. The molecule has 0 fully saturated rings. The normalized spacial score (nSPS) is 12.9. The molecule has 0 saturated carbocycles. The van der Waals surface area contributed by atoms with Gasteiger partial charge in [0.25, 0.3) is 0 Å². The van der Waals surface area contributed by atoms with Crippen LogP contribution in [0.2, 0.25) is 0 Å². The molecule has 0 aromatic rings. The van der Waals surface area contributed by atoms with Gasteiger partial charge in [-0.05, 0) is 6.92 Å². The van der Waals surface area contributed by atoms with Gasteiger partial charge in [-0.15, -0.1) is 11.6 Å². The monoisotopic (exact) mass is 260 g/mol. The molecule has 0 aromatic heterocycles. The molecule has 1 N–H and O–H groups in total. The predicted octanol–water partition coefficient (Wildman–Crippen LogP) is 3.89. The minimum absolute atomic E-state index is 0.433. The standard InChI is InChI=1S/C3H4Cl4.CHClO2/c1-2(4)3(5,6)7;2-1(3)4/h2H,1H3;(H,3,4). The molecule has 0 spiro atoms. The first-order chi connectivity index (χ1) is 4.68. The minimum atomic E-state index is -1.36. The molecule has 1 atom stereocenters. The summed E-state index contributed by atoms with van der Waals surface area (Å²) in [5.41, 5.74) is -1.36. The van der Waals surface area contributed by atoms with E-state index in [1.54, 1.807) is 6.92 Å². The fourth-order valence-electron chi connectivity index (χ4n) is 0. The number of carbonyl (C=O) groups is 1. The van der Waals surface area contributed by atoms with Crippen LogP contribution in [0.3, 0.4) is 0 Å². The van der Waals surface area contributed by atoms with E-state index in [-0.39, 0.29) is 0 Å². The highest BCUT2D eigenvalue weighted by Gasteiger charge is 2.25. The minimum Gasteiger partial charge on any atom is -0.469 e. The van der Waals surface area contributed by atoms with Gasteiger partial charge < -0.3 is 5.11 Å². The van der Waals surface area contributed by atoms with Gasteiger partial charge in [-0.2, -0.15) is 0 Å². The highest BCUT2D eigenvalue weighted by Crippen LogP contribution is 2.32. The summed E-state index contributed by atoms with van der Waals surface area (Å²) in [6, 6.07) is 0. The number of carboxylic acid groups (broad SMARTS) is 1. The van der Waals surface area contributed by atoms with E-state index in [1.807, 2.05) is 0 Å². The molecule has 2 nitrogen and oxygen atoms in total. The lowest BCUT2D eigenvalue weighted by Gasteiger charge is -2.11. The first-order valence-corrected chi connectivity index (χ1v) is 4.22. The van der Waals surface area contributed by atoms with Gasteiger partial charge in [-0.3, -0.25) is 0 Å². The Bertz CT molecular complexity index is 114. The van der Waals surface area contributed by atoms with Crippen molar-refractivity contribution in [2.45, 2.75) is 16.1 Å². The van der Waals surface area contributed by atoms with Gasteiger partial charge in [-0.1, -0.05) is 34.8 Å². The fraction of sp³-hybridized carbons (Fsp3) is 0.750. The average Bonchev–Trinajstić information content (AvgIpc) is 1.59. The van der Waals surface area contributed by atoms with Crippen LogP contribution in [0.1, 0.15) is 6.92 Å². The van der Waals surface area contributed by atoms with Crippen molar-refractivity contribution >= 4 is 63.4 Å². The second-order valence-electron chi connectivity index (χ2n) is 1.41. The first kappa shape index (κ1) is 14.4. The Morgan fingerprint density at radius 1 is 1.45 bits per heavy atom. The molecule has 0 saturated heterocycles. The van der Waals surface area contributed by atoms with Gasteiger partial charge >= 0.3 is 5.43 Å². The summed E-state index contributed by atoms with van der Waals surface area (Å²) in [6.07, 6.45) is 0. The van der Waals surface area contributed by atoms with Crippen molar-refractivity contribution < 1.29 is 9.90 Å². The van der Waals surface area contributed by atoms with Crippen LogP contribution < -0.4 is 0 Å². The zero-order valence-electron chi connectivity index (χ0n) is 5.32. The van der Waals surface area contributed by atoms with Crippen molar-refractivity contribution in [3.05, 3.63) is 0 Å². The van der Waals surface area contributed by atoms with Crippen molar-refractivity contribution in [2.75, 3.05) is 0 Å². The number of halogens is 5. The van der Waals surface area contributed by atoms with Crippen molar-refractivity contribution in [3.8, 4) is 0 Å². The van der Waals surface area contributed by atoms with E-state index in [0.717, 1.165) is 0 Å². The second kappa shape index (κ2) is 6.44. The van der Waals surface area contributed by atoms with E-state index in [1.165, 1.54) is 0 Å². The van der Waals surface area contributed by atoms with E-state index in [4.69, 9.17) is 56.3 Å². The van der Waals surface area contributed by atoms with Crippen LogP contribution in [-0.4, -0.2) is 19.7 Å². The summed E-state index contributed by atoms with van der Waals surface area (Å²) >= 11 is 25.4. The van der Waals surface area contributed by atoms with Crippen LogP contribution in [0, 0.1) is 0 Å². The van der Waals surface area contributed by atoms with E-state index in [0.29, 0.717) is 0 Å². The molecule has 1 unspecified atom stereocenters. The maximum Gasteiger partial charge on any atom is 0.401 e. The highest BCUT2D eigenvalue weighted by molar-refractivity contribution is 6.70. The maximum absolute atomic E-state index is 8.77. The quantitative estimate of drug-likeness (QED) is 0.531. The topological polar surface area (TPSA) is 37.3 Å². The Hall–Kier alpha value is 0.920. The molecule has 7 heteroatoms. The summed E-state index contributed by atoms with van der Waals surface area (Å²) < 4.78 is -1.32. The predicted molar refractivity (Wildman–Crippen MR) is 49.5 cm³/mol. The summed E-state index contributed by atoms with van der Waals surface area (Å²) in [4.78, 5) is 8.77. The van der Waals surface area contributed by atoms with Crippen molar-refractivity contribution in [1.29, 1.82) is 0 Å². The second-order valence-corrected chi connectivity index (χ2v) is 4.76. The van der Waals surface area contributed by atoms with Gasteiger partial charge in [0.15, 0.2) is 0 Å². The third-order valence-electron chi connectivity index (χ3n) is 0.451. The smallest absolute Gasteiger partial charge is 0.401 e. The summed E-state index contributed by atoms with van der Waals surface area (Å²) in [5, 5.41) is 6.75. The zero-order valence-corrected chi connectivity index (χ0v) is 9.10. The van der Waals surface area contributed by atoms with Crippen LogP contribution in [-0.2, 0) is 0 Å². The van der Waals surface area contributed by atoms with Gasteiger partial charge in [-0.25, -0.2) is 4.79 Å². The molecule has 0 heterocycles. The number of rotatable bonds is 0. The van der Waals surface area contributed by atoms with E-state index in [2.05, 4.69) is 11.6 Å². The summed E-state index contributed by atoms with van der Waals surface area (Å²) in [5.74, 6) is 0. The van der Waals surface area contributed by atoms with Gasteiger partial charge in [0, 0.05) is 11.6 Å². The fourth-order valence-corrected chi connectivity index (χ4v) is 0. The van der Waals surface area contributed by atoms with Crippen molar-refractivity contribution in [3.63, 3.8) is 0 Å². The van der Waals surface area contributed by atoms with Crippen molar-refractivity contribution in [2.24, 2.45) is 0 Å². The van der Waals surface area contributed by atoms with E-state index >= 15 is 0 Å². The van der Waals surface area contributed by atoms with Gasteiger partial charge in [0.2, 0.25) is 3.79 Å². The molecule has 68 valence electrons. The van der Waals surface area contributed by atoms with E-state index in [9.17, 15) is 0 Å². The van der Waals surface area contributed by atoms with Gasteiger partial charge in [0.05, 0.1) is 5.38 Å². The average molecular weight is 262 g/mol. The lowest BCUT2D eigenvalue weighted by atomic mass is 10.5. The summed E-state index contributed by atoms with van der Waals surface area (Å²) in [6.45, 7) is 1.62. The van der Waals surface area contributed by atoms with Crippen LogP contribution in [0.5, 0.6) is 0 Å². The molecule has 11 heavy (non-hydrogen) atoms. The Kier molecular flexibility index (Phi) is 8.45. The molecule has 0 rings (SSSR count). The SMILES string of the molecule is CC(Cl)C(Cl)(Cl)Cl.O=C(O)Cl. The third-order valence-corrected chi connectivity index (χ3v) is 2.10. The van der Waals surface area contributed by atoms with Crippen LogP contribution in [0.4, 0.5) is 4.79 Å². The number of hydrogen-bond donors (Lipinski definition) is 1. The Morgan fingerprint density at radius 3 is 1.55 bits per heavy atom. The largest absolute Gasteiger partial charge is 0.469 e. The Labute approximate surface area is 89.3 Å². The Balaban J connectivity index is 0. The molecule has 0 bridgehead atoms. The maximum atomic E-state index is 8.77. The molecule has 0 radical (unpaired) electrons. The number of hydrogen-bond acceptors (Lipinski definition) is 1. The lowest BCUT2D eigenvalue weighted by Crippen LogP contribution is -2.14. The molecule has 0 amide bonds. The van der Waals surface area contributed by atoms with Crippen LogP contribution in [0.25, 0.3) is 0 Å². The summed E-state index contributed by atoms with van der Waals surface area (Å²) in [7, 11) is 0. The third kappa shape index (κ3) is 18.1. The zero-order chi connectivity index (χ0) is 9.65. The first-order valence-electron chi connectivity index (χ1n) is 2.27. The molecule has 0 aliphatic rings. The number of alkyl halides is 4. The molecule has 0 aromatic carbocycles. The van der Waals surface area contributed by atoms with Crippen LogP contribution in [0.15, 0.2) is 0 Å². The highest BCUT2D eigenvalue weighted by atomic mass is 35.6. The molecule has 0 aliphatic heterocycles. The molecule has 0 aliphatic carbocycles. The van der Waals surface area contributed by atoms with Crippen LogP contribution >= 0.6 is 58.0 Å². The van der Waals surface area contributed by atoms with Crippen molar-refractivity contribution in [1.82, 2.24) is 0 Å². The van der Waals surface area contributed by atoms with Gasteiger partial charge in [0.1, 0.15) is 0 Å². The van der Waals surface area contributed by atoms with E-state index < -0.39 is 14.6 Å². The molecular weight excluding hydrogens is 257 g/mol.